The molecule has 6 rings (SSSR count). The highest BCUT2D eigenvalue weighted by atomic mass is 32.1. The zero-order valence-electron chi connectivity index (χ0n) is 54.4. The molecule has 2 aliphatic heterocycles. The molecule has 0 saturated carbocycles. The van der Waals surface area contributed by atoms with Crippen molar-refractivity contribution in [1.82, 2.24) is 46.2 Å². The van der Waals surface area contributed by atoms with Crippen LogP contribution in [0.15, 0.2) is 111 Å². The third-order valence-electron chi connectivity index (χ3n) is 16.5. The number of carbonyl (C=O) groups is 10. The fourth-order valence-electron chi connectivity index (χ4n) is 11.4. The number of likely N-dealkylation sites (N-methyl/N-ethyl adjacent to an activating group) is 2. The Morgan fingerprint density at radius 3 is 1.62 bits per heavy atom. The third kappa shape index (κ3) is 23.9. The molecule has 9 amide bonds. The van der Waals surface area contributed by atoms with Crippen molar-refractivity contribution in [3.63, 3.8) is 0 Å². The van der Waals surface area contributed by atoms with Gasteiger partial charge >= 0.3 is 5.97 Å². The smallest absolute Gasteiger partial charge is 0.326 e. The molecule has 4 heterocycles. The van der Waals surface area contributed by atoms with E-state index >= 15 is 9.59 Å². The third-order valence-corrected chi connectivity index (χ3v) is 18.3. The van der Waals surface area contributed by atoms with Gasteiger partial charge in [0.15, 0.2) is 17.9 Å². The van der Waals surface area contributed by atoms with Gasteiger partial charge in [0.2, 0.25) is 53.2 Å². The summed E-state index contributed by atoms with van der Waals surface area (Å²) in [6, 6.07) is 13.3. The predicted octanol–water partition coefficient (Wildman–Crippen LogP) is -2.68. The van der Waals surface area contributed by atoms with Crippen LogP contribution in [0.3, 0.4) is 0 Å². The number of aliphatic hydroxyl groups excluding tert-OH is 1. The molecular formula is C64H91N19O12S2. The average Bonchev–Trinajstić information content (AvgIpc) is 1.79. The highest BCUT2D eigenvalue weighted by Gasteiger charge is 2.46. The summed E-state index contributed by atoms with van der Waals surface area (Å²) in [5, 5.41) is 38.1. The predicted molar refractivity (Wildman–Crippen MR) is 366 cm³/mol. The molecule has 2 aromatic carbocycles. The van der Waals surface area contributed by atoms with E-state index in [9.17, 15) is 48.6 Å². The summed E-state index contributed by atoms with van der Waals surface area (Å²) in [6.45, 7) is -0.401. The SMILES string of the molecule is CN(C(=O)[C@H](Cc1cccs1)NC(=O)CNC(=O)[C@@H]1C[C@@H](O)CN1C(=O)[C@@H]1CCCN1C(=O)[C@H](CCCN=C(N)N)NC(=O)[C@H](N)CCCN=C(N)N)[C@H](Cc1ccccc1)C(=O)N(C)[C@H](Cc1ccccc1)C(=O)N[C@@H](Cc1cccs1)C(=O)N[C@@H](CCCN=C(N)N)C(=O)O. The number of nitrogens with two attached hydrogens (primary N) is 7. The number of rotatable bonds is 37. The van der Waals surface area contributed by atoms with Crippen molar-refractivity contribution in [2.45, 2.75) is 144 Å². The minimum absolute atomic E-state index is 0.0374. The van der Waals surface area contributed by atoms with Crippen LogP contribution in [0, 0.1) is 0 Å². The second kappa shape index (κ2) is 38.1. The largest absolute Gasteiger partial charge is 0.480 e. The highest BCUT2D eigenvalue weighted by molar-refractivity contribution is 7.10. The Bertz CT molecular complexity index is 3370. The first-order valence-electron chi connectivity index (χ1n) is 31.9. The number of β-amino-alcohol motifs (C(OH)–C–C–N with tert-alkyl or cyclic N) is 1. The van der Waals surface area contributed by atoms with E-state index in [4.69, 9.17) is 40.1 Å². The lowest BCUT2D eigenvalue weighted by atomic mass is 9.99. The lowest BCUT2D eigenvalue weighted by Gasteiger charge is -2.36. The van der Waals surface area contributed by atoms with Crippen LogP contribution < -0.4 is 66.7 Å². The summed E-state index contributed by atoms with van der Waals surface area (Å²) in [4.78, 5) is 161. The maximum Gasteiger partial charge on any atom is 0.326 e. The van der Waals surface area contributed by atoms with Crippen LogP contribution in [0.4, 0.5) is 0 Å². The van der Waals surface area contributed by atoms with E-state index in [1.165, 1.54) is 56.4 Å². The molecule has 0 bridgehead atoms. The topological polar surface area (TPSA) is 503 Å². The molecule has 0 aliphatic carbocycles. The second-order valence-electron chi connectivity index (χ2n) is 23.8. The molecule has 0 spiro atoms. The summed E-state index contributed by atoms with van der Waals surface area (Å²) in [5.41, 5.74) is 40.2. The van der Waals surface area contributed by atoms with Crippen LogP contribution in [0.2, 0.25) is 0 Å². The summed E-state index contributed by atoms with van der Waals surface area (Å²) in [7, 11) is 2.81. The van der Waals surface area contributed by atoms with Crippen molar-refractivity contribution < 1.29 is 58.2 Å². The van der Waals surface area contributed by atoms with Crippen LogP contribution in [-0.4, -0.2) is 221 Å². The van der Waals surface area contributed by atoms with E-state index in [0.717, 1.165) is 0 Å². The van der Waals surface area contributed by atoms with Crippen molar-refractivity contribution in [3.05, 3.63) is 117 Å². The van der Waals surface area contributed by atoms with Crippen LogP contribution >= 0.6 is 22.7 Å². The Labute approximate surface area is 570 Å². The van der Waals surface area contributed by atoms with E-state index < -0.39 is 126 Å². The standard InChI is InChI=1S/C64H91N19O12S2/c1-80(49(31-38-15-5-3-6-16-38)56(89)79-46(34-41-19-13-29-96-41)54(87)78-45(61(94)95)23-11-27-74-64(70)71)59(92)51(32-39-17-7-4-8-18-39)81(2)57(90)47(35-42-20-14-30-97-42)76-52(85)36-75-55(88)50-33-40(84)37-83(50)60(93)48-24-12-28-82(48)58(91)44(22-10-26-73-63(68)69)77-53(86)43(65)21-9-25-72-62(66)67/h3-8,13-20,29-30,40,43-51,84H,9-12,21-28,31-37,65H2,1-2H3,(H,75,88)(H,76,85)(H,77,86)(H,78,87)(H,79,89)(H,94,95)(H4,66,67,72)(H4,68,69,73)(H4,70,71,74)/t40-,43-,44+,45+,46+,47+,48+,49-,50+,51-/m1/s1. The Morgan fingerprint density at radius 2 is 1.08 bits per heavy atom. The molecule has 21 N–H and O–H groups in total. The number of aliphatic imine (C=N–C) groups is 3. The van der Waals surface area contributed by atoms with Crippen molar-refractivity contribution >= 4 is 99.7 Å². The highest BCUT2D eigenvalue weighted by Crippen LogP contribution is 2.27. The Balaban J connectivity index is 1.20. The number of nitrogens with zero attached hydrogens (tertiary/aromatic N) is 7. The number of guanidine groups is 3. The molecule has 2 aromatic heterocycles. The molecule has 526 valence electrons. The molecule has 4 aromatic rings. The van der Waals surface area contributed by atoms with Gasteiger partial charge in [-0.2, -0.15) is 0 Å². The number of amides is 9. The van der Waals surface area contributed by atoms with E-state index in [1.54, 1.807) is 95.7 Å². The van der Waals surface area contributed by atoms with Gasteiger partial charge in [-0.15, -0.1) is 22.7 Å². The molecule has 97 heavy (non-hydrogen) atoms. The van der Waals surface area contributed by atoms with E-state index in [0.29, 0.717) is 33.7 Å². The van der Waals surface area contributed by atoms with Gasteiger partial charge < -0.3 is 96.5 Å². The second-order valence-corrected chi connectivity index (χ2v) is 25.8. The molecule has 2 saturated heterocycles. The molecule has 0 radical (unpaired) electrons. The minimum Gasteiger partial charge on any atom is -0.480 e. The maximum absolute atomic E-state index is 15.4. The van der Waals surface area contributed by atoms with E-state index in [1.807, 2.05) is 0 Å². The van der Waals surface area contributed by atoms with Crippen LogP contribution in [0.5, 0.6) is 0 Å². The first kappa shape index (κ1) is 76.3. The summed E-state index contributed by atoms with van der Waals surface area (Å²) >= 11 is 2.62. The number of aliphatic carboxylic acids is 1. The Hall–Kier alpha value is -9.73. The van der Waals surface area contributed by atoms with Gasteiger partial charge in [-0.05, 0) is 85.4 Å². The quantitative estimate of drug-likeness (QED) is 0.0124. The molecule has 31 nitrogen and oxygen atoms in total. The summed E-state index contributed by atoms with van der Waals surface area (Å²) < 4.78 is 0. The van der Waals surface area contributed by atoms with Gasteiger partial charge in [0, 0.05) is 88.7 Å². The van der Waals surface area contributed by atoms with Crippen LogP contribution in [0.25, 0.3) is 0 Å². The number of likely N-dealkylation sites (tertiary alicyclic amines) is 2. The van der Waals surface area contributed by atoms with E-state index in [2.05, 4.69) is 41.6 Å². The van der Waals surface area contributed by atoms with Crippen molar-refractivity contribution in [3.8, 4) is 0 Å². The van der Waals surface area contributed by atoms with Crippen molar-refractivity contribution in [2.75, 3.05) is 53.4 Å². The molecule has 10 atom stereocenters. The van der Waals surface area contributed by atoms with Crippen LogP contribution in [0.1, 0.15) is 78.7 Å². The van der Waals surface area contributed by atoms with E-state index in [-0.39, 0.29) is 121 Å². The average molecular weight is 1380 g/mol. The van der Waals surface area contributed by atoms with Gasteiger partial charge in [0.05, 0.1) is 18.7 Å². The van der Waals surface area contributed by atoms with Gasteiger partial charge in [-0.3, -0.25) is 58.1 Å². The van der Waals surface area contributed by atoms with Crippen molar-refractivity contribution in [2.24, 2.45) is 55.1 Å². The first-order chi connectivity index (χ1) is 46.3. The molecule has 0 unspecified atom stereocenters. The first-order valence-corrected chi connectivity index (χ1v) is 33.6. The van der Waals surface area contributed by atoms with Gasteiger partial charge in [-0.1, -0.05) is 72.8 Å². The number of aliphatic hydroxyl groups is 1. The lowest BCUT2D eigenvalue weighted by Crippen LogP contribution is -2.60. The zero-order chi connectivity index (χ0) is 70.7. The Morgan fingerprint density at radius 1 is 0.577 bits per heavy atom. The number of hydrogen-bond donors (Lipinski definition) is 14. The number of nitrogens with one attached hydrogen (secondary N) is 5. The number of benzene rings is 2. The minimum atomic E-state index is -1.38. The fraction of sp³-hybridized carbons (Fsp3) is 0.484. The normalized spacial score (nSPS) is 17.1. The number of carboxylic acids is 1. The van der Waals surface area contributed by atoms with Gasteiger partial charge in [-0.25, -0.2) is 4.79 Å². The summed E-state index contributed by atoms with van der Waals surface area (Å²) in [6.07, 6.45) is 0.0193. The number of hydrogen-bond acceptors (Lipinski definition) is 17. The monoisotopic (exact) mass is 1380 g/mol. The lowest BCUT2D eigenvalue weighted by molar-refractivity contribution is -0.149. The van der Waals surface area contributed by atoms with Gasteiger partial charge in [0.1, 0.15) is 48.3 Å². The molecular weight excluding hydrogens is 1290 g/mol. The molecule has 33 heteroatoms. The van der Waals surface area contributed by atoms with Crippen molar-refractivity contribution in [1.29, 1.82) is 0 Å². The molecule has 2 fully saturated rings. The maximum atomic E-state index is 15.4. The zero-order valence-corrected chi connectivity index (χ0v) is 56.0. The number of thiophene rings is 2. The number of carboxylic acid groups (broad SMARTS) is 1. The fourth-order valence-corrected chi connectivity index (χ4v) is 12.9. The number of carbonyl (C=O) groups excluding carboxylic acids is 9. The Kier molecular flexibility index (Phi) is 30.0. The molecule has 2 aliphatic rings. The summed E-state index contributed by atoms with van der Waals surface area (Å²) in [5.74, 6) is -8.27. The van der Waals surface area contributed by atoms with Gasteiger partial charge in [0.25, 0.3) is 0 Å². The van der Waals surface area contributed by atoms with Crippen LogP contribution in [-0.2, 0) is 73.6 Å².